The minimum absolute atomic E-state index is 0.0215. The quantitative estimate of drug-likeness (QED) is 0.442. The summed E-state index contributed by atoms with van der Waals surface area (Å²) >= 11 is 1.43. The van der Waals surface area contributed by atoms with Gasteiger partial charge in [-0.25, -0.2) is 4.68 Å². The fraction of sp³-hybridized carbons (Fsp3) is 0.182. The van der Waals surface area contributed by atoms with Gasteiger partial charge in [0.15, 0.2) is 0 Å². The van der Waals surface area contributed by atoms with Crippen molar-refractivity contribution in [2.45, 2.75) is 6.92 Å². The summed E-state index contributed by atoms with van der Waals surface area (Å²) < 4.78 is 12.6. The van der Waals surface area contributed by atoms with Crippen molar-refractivity contribution in [3.05, 3.63) is 64.3 Å². The van der Waals surface area contributed by atoms with Crippen LogP contribution in [0.15, 0.2) is 64.0 Å². The number of methoxy groups -OCH3 is 2. The van der Waals surface area contributed by atoms with Crippen molar-refractivity contribution in [1.29, 1.82) is 0 Å². The standard InChI is InChI=1S/C22H23N3O4S/c1-14(2)11-23-22-25(24-12-15-5-6-16(26)9-20(15)27)19(13-30-22)18-10-17(28-3)7-8-21(18)29-4/h5-10,12-13,26-27H,1,11H2,2-4H3. The van der Waals surface area contributed by atoms with Crippen molar-refractivity contribution >= 4 is 17.6 Å². The summed E-state index contributed by atoms with van der Waals surface area (Å²) in [7, 11) is 3.21. The molecule has 156 valence electrons. The Bertz CT molecular complexity index is 1160. The van der Waals surface area contributed by atoms with Crippen LogP contribution in [0.3, 0.4) is 0 Å². The highest BCUT2D eigenvalue weighted by Crippen LogP contribution is 2.33. The van der Waals surface area contributed by atoms with Gasteiger partial charge in [-0.05, 0) is 37.3 Å². The minimum Gasteiger partial charge on any atom is -0.508 e. The average molecular weight is 426 g/mol. The first-order valence-corrected chi connectivity index (χ1v) is 9.95. The summed E-state index contributed by atoms with van der Waals surface area (Å²) in [6.45, 7) is 6.27. The Labute approximate surface area is 178 Å². The lowest BCUT2D eigenvalue weighted by Gasteiger charge is -2.11. The molecule has 0 fully saturated rings. The monoisotopic (exact) mass is 425 g/mol. The molecule has 0 aliphatic carbocycles. The molecule has 1 aromatic heterocycles. The maximum Gasteiger partial charge on any atom is 0.206 e. The highest BCUT2D eigenvalue weighted by Gasteiger charge is 2.14. The van der Waals surface area contributed by atoms with Gasteiger partial charge in [-0.2, -0.15) is 5.10 Å². The second-order valence-corrected chi connectivity index (χ2v) is 7.38. The van der Waals surface area contributed by atoms with Gasteiger partial charge in [-0.3, -0.25) is 4.99 Å². The summed E-state index contributed by atoms with van der Waals surface area (Å²) in [6, 6.07) is 9.85. The maximum absolute atomic E-state index is 10.1. The lowest BCUT2D eigenvalue weighted by atomic mass is 10.1. The zero-order valence-electron chi connectivity index (χ0n) is 17.0. The second kappa shape index (κ2) is 9.32. The zero-order valence-corrected chi connectivity index (χ0v) is 17.8. The molecular weight excluding hydrogens is 402 g/mol. The fourth-order valence-electron chi connectivity index (χ4n) is 2.68. The normalized spacial score (nSPS) is 11.8. The Balaban J connectivity index is 2.17. The Morgan fingerprint density at radius 1 is 1.17 bits per heavy atom. The van der Waals surface area contributed by atoms with E-state index >= 15 is 0 Å². The molecule has 0 saturated carbocycles. The molecule has 0 bridgehead atoms. The maximum atomic E-state index is 10.1. The molecule has 0 aliphatic rings. The summed E-state index contributed by atoms with van der Waals surface area (Å²) in [5, 5.41) is 26.1. The molecule has 1 heterocycles. The second-order valence-electron chi connectivity index (χ2n) is 6.54. The molecule has 30 heavy (non-hydrogen) atoms. The Kier molecular flexibility index (Phi) is 6.58. The van der Waals surface area contributed by atoms with Crippen LogP contribution in [-0.2, 0) is 0 Å². The SMILES string of the molecule is C=C(C)CN=c1scc(-c2cc(OC)ccc2OC)n1N=Cc1ccc(O)cc1O. The van der Waals surface area contributed by atoms with Gasteiger partial charge in [0.25, 0.3) is 0 Å². The molecular formula is C22H23N3O4S. The Morgan fingerprint density at radius 3 is 2.63 bits per heavy atom. The third-order valence-electron chi connectivity index (χ3n) is 4.18. The van der Waals surface area contributed by atoms with Crippen LogP contribution < -0.4 is 14.3 Å². The zero-order chi connectivity index (χ0) is 21.7. The van der Waals surface area contributed by atoms with Gasteiger partial charge in [0, 0.05) is 22.6 Å². The number of aromatic nitrogens is 1. The van der Waals surface area contributed by atoms with E-state index in [4.69, 9.17) is 9.47 Å². The molecule has 3 aromatic rings. The predicted octanol–water partition coefficient (Wildman–Crippen LogP) is 4.00. The molecule has 3 rings (SSSR count). The van der Waals surface area contributed by atoms with Crippen molar-refractivity contribution in [3.8, 4) is 34.3 Å². The van der Waals surface area contributed by atoms with Gasteiger partial charge < -0.3 is 19.7 Å². The van der Waals surface area contributed by atoms with Crippen molar-refractivity contribution in [1.82, 2.24) is 4.68 Å². The number of nitrogens with zero attached hydrogens (tertiary/aromatic N) is 3. The van der Waals surface area contributed by atoms with Crippen LogP contribution in [-0.4, -0.2) is 41.9 Å². The van der Waals surface area contributed by atoms with Gasteiger partial charge in [0.05, 0.1) is 32.7 Å². The number of hydrogen-bond acceptors (Lipinski definition) is 7. The first-order chi connectivity index (χ1) is 14.4. The third kappa shape index (κ3) is 4.72. The largest absolute Gasteiger partial charge is 0.508 e. The molecule has 0 amide bonds. The topological polar surface area (TPSA) is 88.6 Å². The molecule has 0 unspecified atom stereocenters. The van der Waals surface area contributed by atoms with Crippen LogP contribution >= 0.6 is 11.3 Å². The van der Waals surface area contributed by atoms with Gasteiger partial charge in [-0.1, -0.05) is 12.2 Å². The molecule has 0 aliphatic heterocycles. The molecule has 0 atom stereocenters. The first kappa shape index (κ1) is 21.2. The van der Waals surface area contributed by atoms with E-state index in [1.807, 2.05) is 30.5 Å². The lowest BCUT2D eigenvalue weighted by molar-refractivity contribution is 0.404. The van der Waals surface area contributed by atoms with Crippen LogP contribution in [0.1, 0.15) is 12.5 Å². The van der Waals surface area contributed by atoms with Crippen LogP contribution in [0, 0.1) is 0 Å². The number of thiazole rings is 1. The number of phenols is 2. The van der Waals surface area contributed by atoms with Crippen molar-refractivity contribution < 1.29 is 19.7 Å². The molecule has 2 aromatic carbocycles. The van der Waals surface area contributed by atoms with Crippen LogP contribution in [0.4, 0.5) is 0 Å². The molecule has 8 heteroatoms. The molecule has 0 saturated heterocycles. The third-order valence-corrected chi connectivity index (χ3v) is 5.03. The Hall–Kier alpha value is -3.52. The van der Waals surface area contributed by atoms with Crippen molar-refractivity contribution in [3.63, 3.8) is 0 Å². The van der Waals surface area contributed by atoms with Crippen molar-refractivity contribution in [2.75, 3.05) is 20.8 Å². The molecule has 0 radical (unpaired) electrons. The Morgan fingerprint density at radius 2 is 1.97 bits per heavy atom. The summed E-state index contributed by atoms with van der Waals surface area (Å²) in [4.78, 5) is 5.25. The van der Waals surface area contributed by atoms with E-state index in [1.165, 1.54) is 29.7 Å². The summed E-state index contributed by atoms with van der Waals surface area (Å²) in [5.41, 5.74) is 2.93. The lowest BCUT2D eigenvalue weighted by Crippen LogP contribution is -2.13. The first-order valence-electron chi connectivity index (χ1n) is 9.07. The van der Waals surface area contributed by atoms with Gasteiger partial charge in [0.1, 0.15) is 23.0 Å². The molecule has 7 nitrogen and oxygen atoms in total. The number of benzene rings is 2. The van der Waals surface area contributed by atoms with Crippen molar-refractivity contribution in [2.24, 2.45) is 10.1 Å². The van der Waals surface area contributed by atoms with E-state index in [1.54, 1.807) is 25.0 Å². The van der Waals surface area contributed by atoms with E-state index in [0.29, 0.717) is 28.4 Å². The fourth-order valence-corrected chi connectivity index (χ4v) is 3.51. The van der Waals surface area contributed by atoms with E-state index in [0.717, 1.165) is 16.8 Å². The van der Waals surface area contributed by atoms with Crippen LogP contribution in [0.5, 0.6) is 23.0 Å². The predicted molar refractivity (Wildman–Crippen MR) is 119 cm³/mol. The number of phenolic OH excluding ortho intramolecular Hbond substituents is 2. The number of rotatable bonds is 7. The number of aromatic hydroxyl groups is 2. The summed E-state index contributed by atoms with van der Waals surface area (Å²) in [5.74, 6) is 1.25. The summed E-state index contributed by atoms with van der Waals surface area (Å²) in [6.07, 6.45) is 1.51. The number of ether oxygens (including phenoxy) is 2. The molecule has 0 spiro atoms. The van der Waals surface area contributed by atoms with Crippen LogP contribution in [0.25, 0.3) is 11.3 Å². The average Bonchev–Trinajstić information content (AvgIpc) is 3.13. The van der Waals surface area contributed by atoms with Gasteiger partial charge in [-0.15, -0.1) is 11.3 Å². The van der Waals surface area contributed by atoms with Crippen LogP contribution in [0.2, 0.25) is 0 Å². The van der Waals surface area contributed by atoms with E-state index in [9.17, 15) is 10.2 Å². The number of hydrogen-bond donors (Lipinski definition) is 2. The minimum atomic E-state index is -0.0736. The highest BCUT2D eigenvalue weighted by atomic mass is 32.1. The smallest absolute Gasteiger partial charge is 0.206 e. The van der Waals surface area contributed by atoms with E-state index < -0.39 is 0 Å². The van der Waals surface area contributed by atoms with Gasteiger partial charge >= 0.3 is 0 Å². The van der Waals surface area contributed by atoms with E-state index in [-0.39, 0.29) is 11.5 Å². The highest BCUT2D eigenvalue weighted by molar-refractivity contribution is 7.07. The molecule has 2 N–H and O–H groups in total. The van der Waals surface area contributed by atoms with Gasteiger partial charge in [0.2, 0.25) is 4.80 Å². The van der Waals surface area contributed by atoms with E-state index in [2.05, 4.69) is 16.7 Å².